The third kappa shape index (κ3) is 3.47. The van der Waals surface area contributed by atoms with Crippen LogP contribution in [-0.2, 0) is 9.59 Å². The van der Waals surface area contributed by atoms with Gasteiger partial charge in [-0.3, -0.25) is 4.79 Å². The van der Waals surface area contributed by atoms with Crippen molar-refractivity contribution in [1.82, 2.24) is 0 Å². The highest BCUT2D eigenvalue weighted by molar-refractivity contribution is 5.85. The number of carbonyl (C=O) groups excluding carboxylic acids is 1. The topological polar surface area (TPSA) is 54.4 Å². The van der Waals surface area contributed by atoms with Crippen LogP contribution in [-0.4, -0.2) is 17.0 Å². The molecule has 0 saturated heterocycles. The van der Waals surface area contributed by atoms with Gasteiger partial charge < -0.3 is 5.11 Å². The molecule has 0 bridgehead atoms. The van der Waals surface area contributed by atoms with Gasteiger partial charge in [0.15, 0.2) is 0 Å². The maximum atomic E-state index is 10.4. The molecule has 1 N–H and O–H groups in total. The van der Waals surface area contributed by atoms with E-state index >= 15 is 0 Å². The predicted octanol–water partition coefficient (Wildman–Crippen LogP) is 1.41. The highest BCUT2D eigenvalue weighted by atomic mass is 35.5. The molecule has 1 rings (SSSR count). The van der Waals surface area contributed by atoms with Crippen molar-refractivity contribution < 1.29 is 14.7 Å². The summed E-state index contributed by atoms with van der Waals surface area (Å²) in [7, 11) is 0. The van der Waals surface area contributed by atoms with E-state index in [1.165, 1.54) is 12.2 Å². The quantitative estimate of drug-likeness (QED) is 0.684. The number of carboxylic acid groups (broad SMARTS) is 1. The van der Waals surface area contributed by atoms with E-state index in [1.807, 2.05) is 0 Å². The Kier molecular flexibility index (Phi) is 7.24. The molecule has 72 valence electrons. The van der Waals surface area contributed by atoms with Crippen molar-refractivity contribution in [3.8, 4) is 0 Å². The summed E-state index contributed by atoms with van der Waals surface area (Å²) in [6.07, 6.45) is 6.10. The van der Waals surface area contributed by atoms with E-state index in [2.05, 4.69) is 0 Å². The van der Waals surface area contributed by atoms with Gasteiger partial charge in [0.1, 0.15) is 11.9 Å². The van der Waals surface area contributed by atoms with Crippen LogP contribution < -0.4 is 0 Å². The second-order valence-electron chi connectivity index (χ2n) is 2.12. The van der Waals surface area contributed by atoms with Crippen molar-refractivity contribution in [2.45, 2.75) is 0 Å². The van der Waals surface area contributed by atoms with Crippen molar-refractivity contribution in [3.63, 3.8) is 0 Å². The van der Waals surface area contributed by atoms with Crippen molar-refractivity contribution in [1.29, 1.82) is 0 Å². The van der Waals surface area contributed by atoms with Crippen LogP contribution in [0.3, 0.4) is 0 Å². The number of allylic oxidation sites excluding steroid dienone is 3. The average molecular weight is 223 g/mol. The lowest BCUT2D eigenvalue weighted by Gasteiger charge is -2.06. The molecular formula is C8H8Cl2O3. The highest BCUT2D eigenvalue weighted by Gasteiger charge is 2.19. The summed E-state index contributed by atoms with van der Waals surface area (Å²) in [4.78, 5) is 20.6. The first kappa shape index (κ1) is 14.5. The molecule has 1 atom stereocenters. The summed E-state index contributed by atoms with van der Waals surface area (Å²) in [5.41, 5.74) is 0.167. The molecule has 1 unspecified atom stereocenters. The van der Waals surface area contributed by atoms with Crippen LogP contribution in [0.4, 0.5) is 0 Å². The van der Waals surface area contributed by atoms with E-state index in [9.17, 15) is 9.59 Å². The minimum absolute atomic E-state index is 0. The molecule has 0 heterocycles. The Labute approximate surface area is 87.6 Å². The minimum Gasteiger partial charge on any atom is -0.481 e. The molecule has 1 aliphatic carbocycles. The zero-order valence-electron chi connectivity index (χ0n) is 6.47. The van der Waals surface area contributed by atoms with E-state index in [-0.39, 0.29) is 30.4 Å². The summed E-state index contributed by atoms with van der Waals surface area (Å²) < 4.78 is 0. The monoisotopic (exact) mass is 222 g/mol. The van der Waals surface area contributed by atoms with Gasteiger partial charge in [-0.2, -0.15) is 0 Å². The third-order valence-electron chi connectivity index (χ3n) is 1.41. The number of halogens is 2. The maximum absolute atomic E-state index is 10.4. The van der Waals surface area contributed by atoms with Crippen molar-refractivity contribution in [2.75, 3.05) is 0 Å². The van der Waals surface area contributed by atoms with Gasteiger partial charge in [-0.15, -0.1) is 24.8 Å². The standard InChI is InChI=1S/C8H6O3.2ClH/c9-5-6-3-1-2-4-7(6)8(10)11;;/h1-4,7H,(H,10,11);2*1H. The molecular weight excluding hydrogens is 215 g/mol. The van der Waals surface area contributed by atoms with Gasteiger partial charge >= 0.3 is 5.97 Å². The zero-order chi connectivity index (χ0) is 8.27. The molecule has 0 saturated carbocycles. The normalized spacial score (nSPS) is 18.2. The highest BCUT2D eigenvalue weighted by Crippen LogP contribution is 2.15. The van der Waals surface area contributed by atoms with Gasteiger partial charge in [-0.1, -0.05) is 18.2 Å². The Hall–Kier alpha value is -1.02. The van der Waals surface area contributed by atoms with E-state index in [0.29, 0.717) is 0 Å². The fourth-order valence-electron chi connectivity index (χ4n) is 0.855. The average Bonchev–Trinajstić information content (AvgIpc) is 2.04. The minimum atomic E-state index is -1.02. The molecule has 13 heavy (non-hydrogen) atoms. The van der Waals surface area contributed by atoms with E-state index < -0.39 is 11.9 Å². The maximum Gasteiger partial charge on any atom is 0.315 e. The van der Waals surface area contributed by atoms with Gasteiger partial charge in [0, 0.05) is 0 Å². The van der Waals surface area contributed by atoms with Crippen LogP contribution in [0, 0.1) is 5.92 Å². The lowest BCUT2D eigenvalue weighted by atomic mass is 9.96. The molecule has 1 aliphatic rings. The Balaban J connectivity index is 0. The second kappa shape index (κ2) is 6.49. The number of carboxylic acids is 1. The van der Waals surface area contributed by atoms with Gasteiger partial charge in [-0.25, -0.2) is 4.79 Å². The van der Waals surface area contributed by atoms with Crippen molar-refractivity contribution in [2.24, 2.45) is 5.92 Å². The number of aliphatic carboxylic acids is 1. The van der Waals surface area contributed by atoms with Crippen molar-refractivity contribution in [3.05, 3.63) is 29.9 Å². The molecule has 0 radical (unpaired) electrons. The first-order chi connectivity index (χ1) is 5.25. The van der Waals surface area contributed by atoms with E-state index in [0.717, 1.165) is 0 Å². The molecule has 5 heteroatoms. The van der Waals surface area contributed by atoms with Gasteiger partial charge in [0.25, 0.3) is 0 Å². The van der Waals surface area contributed by atoms with E-state index in [4.69, 9.17) is 5.11 Å². The molecule has 3 nitrogen and oxygen atoms in total. The van der Waals surface area contributed by atoms with Crippen LogP contribution in [0.15, 0.2) is 29.9 Å². The van der Waals surface area contributed by atoms with Crippen LogP contribution in [0.2, 0.25) is 0 Å². The molecule has 0 aromatic carbocycles. The molecule has 0 amide bonds. The number of hydrogen-bond donors (Lipinski definition) is 1. The third-order valence-corrected chi connectivity index (χ3v) is 1.41. The first-order valence-electron chi connectivity index (χ1n) is 3.08. The Morgan fingerprint density at radius 1 is 1.38 bits per heavy atom. The van der Waals surface area contributed by atoms with Crippen LogP contribution in [0.5, 0.6) is 0 Å². The summed E-state index contributed by atoms with van der Waals surface area (Å²) in [5, 5.41) is 8.55. The lowest BCUT2D eigenvalue weighted by molar-refractivity contribution is -0.138. The number of hydrogen-bond acceptors (Lipinski definition) is 2. The Bertz CT molecular complexity index is 288. The first-order valence-corrected chi connectivity index (χ1v) is 3.08. The SMILES string of the molecule is Cl.Cl.O=C=C1C=CC=CC1C(=O)O. The lowest BCUT2D eigenvalue weighted by Crippen LogP contribution is -2.14. The van der Waals surface area contributed by atoms with Gasteiger partial charge in [-0.05, 0) is 6.08 Å². The van der Waals surface area contributed by atoms with Crippen LogP contribution in [0.25, 0.3) is 0 Å². The number of rotatable bonds is 1. The largest absolute Gasteiger partial charge is 0.481 e. The Morgan fingerprint density at radius 3 is 2.38 bits per heavy atom. The molecule has 0 spiro atoms. The summed E-state index contributed by atoms with van der Waals surface area (Å²) >= 11 is 0. The summed E-state index contributed by atoms with van der Waals surface area (Å²) in [5.74, 6) is -0.263. The van der Waals surface area contributed by atoms with Crippen molar-refractivity contribution >= 4 is 36.7 Å². The fourth-order valence-corrected chi connectivity index (χ4v) is 0.855. The smallest absolute Gasteiger partial charge is 0.315 e. The summed E-state index contributed by atoms with van der Waals surface area (Å²) in [6.45, 7) is 0. The second-order valence-corrected chi connectivity index (χ2v) is 2.12. The molecule has 0 aliphatic heterocycles. The summed E-state index contributed by atoms with van der Waals surface area (Å²) in [6, 6.07) is 0. The van der Waals surface area contributed by atoms with Gasteiger partial charge in [0.2, 0.25) is 0 Å². The molecule has 0 aromatic heterocycles. The van der Waals surface area contributed by atoms with Gasteiger partial charge in [0.05, 0.1) is 5.57 Å². The molecule has 0 aromatic rings. The zero-order valence-corrected chi connectivity index (χ0v) is 8.10. The predicted molar refractivity (Wildman–Crippen MR) is 53.1 cm³/mol. The van der Waals surface area contributed by atoms with Crippen LogP contribution >= 0.6 is 24.8 Å². The fraction of sp³-hybridized carbons (Fsp3) is 0.125. The van der Waals surface area contributed by atoms with E-state index in [1.54, 1.807) is 18.1 Å². The molecule has 0 fully saturated rings. The van der Waals surface area contributed by atoms with Crippen LogP contribution in [0.1, 0.15) is 0 Å². The Morgan fingerprint density at radius 2 is 2.00 bits per heavy atom. The number of carbonyl (C=O) groups is 1.